The number of unbranched alkanes of at least 4 members (excludes halogenated alkanes) is 6. The number of hydrogen-bond donors (Lipinski definition) is 0. The van der Waals surface area contributed by atoms with Crippen LogP contribution in [0.5, 0.6) is 0 Å². The minimum atomic E-state index is -0.537. The van der Waals surface area contributed by atoms with Gasteiger partial charge in [0.1, 0.15) is 0 Å². The summed E-state index contributed by atoms with van der Waals surface area (Å²) in [4.78, 5) is 4.98. The molecule has 0 amide bonds. The summed E-state index contributed by atoms with van der Waals surface area (Å²) >= 11 is 0. The molecule has 0 N–H and O–H groups in total. The van der Waals surface area contributed by atoms with Crippen molar-refractivity contribution in [2.75, 3.05) is 9.80 Å². The molecule has 0 radical (unpaired) electrons. The smallest absolute Gasteiger partial charge is 0.0510 e. The van der Waals surface area contributed by atoms with Crippen molar-refractivity contribution in [1.29, 1.82) is 0 Å². The highest BCUT2D eigenvalue weighted by Gasteiger charge is 2.48. The Morgan fingerprint density at radius 1 is 0.336 bits per heavy atom. The Bertz CT molecular complexity index is 6020. The van der Waals surface area contributed by atoms with Crippen LogP contribution < -0.4 is 9.80 Å². The van der Waals surface area contributed by atoms with Crippen molar-refractivity contribution < 1.29 is 0 Å². The molecular weight excluding hydrogens is 1400 g/mol. The number of allylic oxidation sites excluding steroid dienone is 4. The molecule has 2 nitrogen and oxygen atoms in total. The monoisotopic (exact) mass is 1500 g/mol. The van der Waals surface area contributed by atoms with Crippen LogP contribution in [0.2, 0.25) is 0 Å². The van der Waals surface area contributed by atoms with E-state index in [0.717, 1.165) is 90.2 Å². The molecule has 0 aromatic heterocycles. The third-order valence-corrected chi connectivity index (χ3v) is 24.7. The molecule has 116 heavy (non-hydrogen) atoms. The molecule has 3 aliphatic carbocycles. The summed E-state index contributed by atoms with van der Waals surface area (Å²) in [6.45, 7) is 19.6. The maximum atomic E-state index is 4.12. The van der Waals surface area contributed by atoms with Gasteiger partial charge in [-0.2, -0.15) is 0 Å². The molecule has 0 saturated carbocycles. The first-order valence-electron chi connectivity index (χ1n) is 42.1. The summed E-state index contributed by atoms with van der Waals surface area (Å²) in [5.74, 6) is 6.99. The summed E-state index contributed by atoms with van der Waals surface area (Å²) in [5.41, 5.74) is 39.8. The Morgan fingerprint density at radius 3 is 1.16 bits per heavy atom. The van der Waals surface area contributed by atoms with Crippen molar-refractivity contribution in [2.24, 2.45) is 0 Å². The number of rotatable bonds is 28. The number of aryl methyl sites for hydroxylation is 4. The van der Waals surface area contributed by atoms with Gasteiger partial charge in [-0.1, -0.05) is 361 Å². The van der Waals surface area contributed by atoms with Crippen molar-refractivity contribution in [1.82, 2.24) is 0 Å². The minimum Gasteiger partial charge on any atom is -0.310 e. The van der Waals surface area contributed by atoms with Crippen molar-refractivity contribution >= 4 is 46.3 Å². The summed E-state index contributed by atoms with van der Waals surface area (Å²) in [6, 6.07) is 122. The van der Waals surface area contributed by atoms with Gasteiger partial charge < -0.3 is 9.80 Å². The van der Waals surface area contributed by atoms with E-state index in [-0.39, 0.29) is 0 Å². The van der Waals surface area contributed by atoms with Crippen LogP contribution >= 0.6 is 0 Å². The molecule has 0 bridgehead atoms. The summed E-state index contributed by atoms with van der Waals surface area (Å²) in [5, 5.41) is 0. The molecule has 0 aliphatic heterocycles. The standard InChI is InChI=1S/C114H102N2/c1-8-12-14-18-35-93-75-108(92-56-64-100(65-57-92)116(98-60-52-90(53-61-98)88-33-22-17-23-34-88)102-67-69-106-104-39-27-29-41-110(104)114(112(106)77-102,96-72-81(6)70-82(7)73-96)79-86-48-44-84(11-4)45-49-86)94(36-19-15-13-9-2)74-107(93)91-54-62-99(63-55-91)115(97-58-50-89(51-59-97)87-31-20-16-21-32-87)101-66-68-105-103-38-26-28-40-109(103)113(111(105)76-101,95-37-25-24-30-80(5)71-95)78-85-46-42-83(10-3)43-47-85/h10-11,16-17,20-23,26-29,31-34,37-77H,3-4,8-9,12-15,18-19,30,35-36,78-79H2,1-2,5-7H3. The number of anilines is 6. The molecule has 14 aromatic carbocycles. The van der Waals surface area contributed by atoms with E-state index in [1.165, 1.54) is 178 Å². The first kappa shape index (κ1) is 75.9. The van der Waals surface area contributed by atoms with E-state index < -0.39 is 10.8 Å². The van der Waals surface area contributed by atoms with E-state index in [9.17, 15) is 0 Å². The average molecular weight is 1500 g/mol. The van der Waals surface area contributed by atoms with Gasteiger partial charge in [0.25, 0.3) is 0 Å². The maximum Gasteiger partial charge on any atom is 0.0510 e. The van der Waals surface area contributed by atoms with Crippen molar-refractivity contribution in [3.05, 3.63) is 430 Å². The van der Waals surface area contributed by atoms with E-state index >= 15 is 0 Å². The van der Waals surface area contributed by atoms with Crippen molar-refractivity contribution in [3.8, 4) is 78.6 Å². The number of fused-ring (bicyclic) bond motifs is 6. The van der Waals surface area contributed by atoms with Gasteiger partial charge in [0.2, 0.25) is 0 Å². The van der Waals surface area contributed by atoms with Gasteiger partial charge in [0.05, 0.1) is 10.8 Å². The van der Waals surface area contributed by atoms with Gasteiger partial charge in [-0.05, 0) is 272 Å². The van der Waals surface area contributed by atoms with Crippen LogP contribution in [0, 0.1) is 25.7 Å². The molecule has 568 valence electrons. The highest BCUT2D eigenvalue weighted by Crippen LogP contribution is 2.59. The molecular formula is C114H102N2. The third-order valence-electron chi connectivity index (χ3n) is 24.7. The fraction of sp³-hybridized carbons (Fsp3) is 0.175. The molecule has 0 spiro atoms. The molecule has 0 saturated heterocycles. The van der Waals surface area contributed by atoms with Crippen LogP contribution in [0.1, 0.15) is 151 Å². The van der Waals surface area contributed by atoms with Gasteiger partial charge in [0, 0.05) is 40.5 Å². The lowest BCUT2D eigenvalue weighted by Gasteiger charge is -2.35. The van der Waals surface area contributed by atoms with E-state index in [4.69, 9.17) is 0 Å². The molecule has 14 aromatic rings. The number of nitrogens with zero attached hydrogens (tertiary/aromatic N) is 2. The maximum absolute atomic E-state index is 4.12. The van der Waals surface area contributed by atoms with Crippen LogP contribution in [0.25, 0.3) is 78.9 Å². The topological polar surface area (TPSA) is 6.48 Å². The normalized spacial score (nSPS) is 14.9. The van der Waals surface area contributed by atoms with Gasteiger partial charge in [-0.15, -0.1) is 0 Å². The Balaban J connectivity index is 0.784. The van der Waals surface area contributed by atoms with Crippen LogP contribution in [-0.2, 0) is 36.5 Å². The largest absolute Gasteiger partial charge is 0.310 e. The van der Waals surface area contributed by atoms with Crippen LogP contribution in [0.15, 0.2) is 358 Å². The van der Waals surface area contributed by atoms with Gasteiger partial charge >= 0.3 is 0 Å². The molecule has 17 rings (SSSR count). The Kier molecular flexibility index (Phi) is 22.0. The van der Waals surface area contributed by atoms with Crippen LogP contribution in [0.3, 0.4) is 0 Å². The summed E-state index contributed by atoms with van der Waals surface area (Å²) < 4.78 is 0. The van der Waals surface area contributed by atoms with Crippen LogP contribution in [0.4, 0.5) is 34.1 Å². The summed E-state index contributed by atoms with van der Waals surface area (Å²) in [6.07, 6.45) is 22.2. The molecule has 2 atom stereocenters. The molecule has 2 heteroatoms. The molecule has 2 unspecified atom stereocenters. The molecule has 0 fully saturated rings. The lowest BCUT2D eigenvalue weighted by atomic mass is 9.67. The first-order chi connectivity index (χ1) is 57.0. The Hall–Kier alpha value is -12.8. The lowest BCUT2D eigenvalue weighted by molar-refractivity contribution is 0.627. The molecule has 3 aliphatic rings. The highest BCUT2D eigenvalue weighted by atomic mass is 15.1. The predicted molar refractivity (Wildman–Crippen MR) is 495 cm³/mol. The van der Waals surface area contributed by atoms with Crippen LogP contribution in [-0.4, -0.2) is 0 Å². The second kappa shape index (κ2) is 33.7. The fourth-order valence-electron chi connectivity index (χ4n) is 19.0. The third kappa shape index (κ3) is 15.0. The number of benzene rings is 14. The highest BCUT2D eigenvalue weighted by molar-refractivity contribution is 5.92. The Labute approximate surface area is 689 Å². The second-order valence-corrected chi connectivity index (χ2v) is 32.4. The lowest BCUT2D eigenvalue weighted by Crippen LogP contribution is -2.30. The first-order valence-corrected chi connectivity index (χ1v) is 42.1. The predicted octanol–water partition coefficient (Wildman–Crippen LogP) is 30.8. The van der Waals surface area contributed by atoms with Crippen molar-refractivity contribution in [2.45, 2.75) is 129 Å². The van der Waals surface area contributed by atoms with Gasteiger partial charge in [-0.25, -0.2) is 0 Å². The van der Waals surface area contributed by atoms with E-state index in [1.807, 2.05) is 12.2 Å². The molecule has 0 heterocycles. The van der Waals surface area contributed by atoms with E-state index in [2.05, 4.69) is 403 Å². The van der Waals surface area contributed by atoms with E-state index in [1.54, 1.807) is 0 Å². The van der Waals surface area contributed by atoms with Gasteiger partial charge in [0.15, 0.2) is 0 Å². The average Bonchev–Trinajstić information content (AvgIpc) is 1.55. The zero-order chi connectivity index (χ0) is 79.1. The zero-order valence-corrected chi connectivity index (χ0v) is 67.9. The minimum absolute atomic E-state index is 0.487. The Morgan fingerprint density at radius 2 is 0.716 bits per heavy atom. The summed E-state index contributed by atoms with van der Waals surface area (Å²) in [7, 11) is 0. The quantitative estimate of drug-likeness (QED) is 0.0356. The second-order valence-electron chi connectivity index (χ2n) is 32.4. The zero-order valence-electron chi connectivity index (χ0n) is 67.9. The number of hydrogen-bond acceptors (Lipinski definition) is 2. The van der Waals surface area contributed by atoms with Crippen molar-refractivity contribution in [3.63, 3.8) is 0 Å². The van der Waals surface area contributed by atoms with E-state index in [0.29, 0.717) is 0 Å². The fourth-order valence-corrected chi connectivity index (χ4v) is 19.0. The SMILES string of the molecule is C=Cc1ccc(CC2(C3=CC#CCC(C)=C3)c3ccccc3-c3ccc(N(c4ccc(-c5ccccc5)cc4)c4ccc(-c5cc(CCCCCC)c(-c6ccc(N(c7ccc(-c8ccccc8)cc7)c7ccc8c(c7)C(Cc7ccc(C=C)cc7)(c7cc(C)cc(C)c7)c7ccccc7-8)cc6)cc5CCCCCC)cc4)cc32)cc1. The van der Waals surface area contributed by atoms with Gasteiger partial charge in [-0.3, -0.25) is 0 Å².